The molecule has 2 aromatic carbocycles. The second-order valence-electron chi connectivity index (χ2n) is 9.08. The Morgan fingerprint density at radius 2 is 1.80 bits per heavy atom. The Bertz CT molecular complexity index is 1300. The number of benzene rings is 2. The number of hydrogen-bond acceptors (Lipinski definition) is 7. The molecule has 2 aromatic heterocycles. The highest BCUT2D eigenvalue weighted by Gasteiger charge is 2.22. The summed E-state index contributed by atoms with van der Waals surface area (Å²) in [5.41, 5.74) is 5.53. The van der Waals surface area contributed by atoms with Crippen LogP contribution in [-0.4, -0.2) is 64.5 Å². The third kappa shape index (κ3) is 4.93. The standard InChI is InChI=1S/C27H32N6O2/c1-19-6-5-9-32(19)10-11-33(22-12-23(34-3)15-24(13-22)35-4)21-7-8-25-26(14-21)30-27(17-28-25)20-16-29-31(2)18-20/h7-8,12-19H,5-6,9-11H2,1-4H3/t19-/m0/s1. The number of hydrogen-bond donors (Lipinski definition) is 0. The fourth-order valence-electron chi connectivity index (χ4n) is 4.77. The van der Waals surface area contributed by atoms with Crippen LogP contribution in [0.5, 0.6) is 11.5 Å². The van der Waals surface area contributed by atoms with Crippen molar-refractivity contribution >= 4 is 22.4 Å². The van der Waals surface area contributed by atoms with Crippen molar-refractivity contribution < 1.29 is 9.47 Å². The second kappa shape index (κ2) is 9.92. The molecule has 35 heavy (non-hydrogen) atoms. The van der Waals surface area contributed by atoms with E-state index in [4.69, 9.17) is 14.5 Å². The highest BCUT2D eigenvalue weighted by Crippen LogP contribution is 2.34. The van der Waals surface area contributed by atoms with E-state index < -0.39 is 0 Å². The van der Waals surface area contributed by atoms with Crippen LogP contribution in [0.3, 0.4) is 0 Å². The number of ether oxygens (including phenoxy) is 2. The lowest BCUT2D eigenvalue weighted by Gasteiger charge is -2.30. The molecule has 8 nitrogen and oxygen atoms in total. The maximum absolute atomic E-state index is 5.57. The summed E-state index contributed by atoms with van der Waals surface area (Å²) in [6, 6.07) is 12.9. The van der Waals surface area contributed by atoms with Gasteiger partial charge in [-0.2, -0.15) is 5.10 Å². The van der Waals surface area contributed by atoms with Crippen molar-refractivity contribution in [1.29, 1.82) is 0 Å². The first-order chi connectivity index (χ1) is 17.0. The largest absolute Gasteiger partial charge is 0.497 e. The first-order valence-corrected chi connectivity index (χ1v) is 12.0. The van der Waals surface area contributed by atoms with Gasteiger partial charge in [0.15, 0.2) is 0 Å². The fraction of sp³-hybridized carbons (Fsp3) is 0.370. The maximum atomic E-state index is 5.57. The van der Waals surface area contributed by atoms with Crippen LogP contribution in [0, 0.1) is 0 Å². The minimum atomic E-state index is 0.612. The Balaban J connectivity index is 1.54. The van der Waals surface area contributed by atoms with Crippen molar-refractivity contribution in [1.82, 2.24) is 24.6 Å². The van der Waals surface area contributed by atoms with Gasteiger partial charge in [-0.25, -0.2) is 4.98 Å². The molecule has 1 aliphatic heterocycles. The number of aryl methyl sites for hydroxylation is 1. The molecule has 8 heteroatoms. The van der Waals surface area contributed by atoms with E-state index in [1.54, 1.807) is 25.1 Å². The molecule has 0 radical (unpaired) electrons. The zero-order chi connectivity index (χ0) is 24.4. The monoisotopic (exact) mass is 472 g/mol. The van der Waals surface area contributed by atoms with Crippen molar-refractivity contribution in [2.75, 3.05) is 38.8 Å². The minimum absolute atomic E-state index is 0.612. The average Bonchev–Trinajstić information content (AvgIpc) is 3.51. The van der Waals surface area contributed by atoms with Crippen molar-refractivity contribution in [3.8, 4) is 22.8 Å². The van der Waals surface area contributed by atoms with Crippen molar-refractivity contribution in [2.45, 2.75) is 25.8 Å². The van der Waals surface area contributed by atoms with Crippen LogP contribution in [0.25, 0.3) is 22.3 Å². The lowest BCUT2D eigenvalue weighted by molar-refractivity contribution is 0.276. The summed E-state index contributed by atoms with van der Waals surface area (Å²) < 4.78 is 12.9. The summed E-state index contributed by atoms with van der Waals surface area (Å²) in [6.45, 7) is 5.27. The van der Waals surface area contributed by atoms with Crippen LogP contribution in [0.4, 0.5) is 11.4 Å². The molecule has 0 bridgehead atoms. The summed E-state index contributed by atoms with van der Waals surface area (Å²) in [4.78, 5) is 14.4. The molecule has 0 saturated carbocycles. The molecule has 1 aliphatic rings. The number of fused-ring (bicyclic) bond motifs is 1. The van der Waals surface area contributed by atoms with Crippen LogP contribution < -0.4 is 14.4 Å². The number of anilines is 2. The lowest BCUT2D eigenvalue weighted by atomic mass is 10.2. The van der Waals surface area contributed by atoms with Crippen molar-refractivity contribution in [3.63, 3.8) is 0 Å². The van der Waals surface area contributed by atoms with Gasteiger partial charge in [0.05, 0.1) is 43.3 Å². The molecular weight excluding hydrogens is 440 g/mol. The highest BCUT2D eigenvalue weighted by atomic mass is 16.5. The van der Waals surface area contributed by atoms with Crippen LogP contribution >= 0.6 is 0 Å². The third-order valence-electron chi connectivity index (χ3n) is 6.79. The summed E-state index contributed by atoms with van der Waals surface area (Å²) in [6.07, 6.45) is 8.09. The van der Waals surface area contributed by atoms with Crippen LogP contribution in [0.15, 0.2) is 55.0 Å². The summed E-state index contributed by atoms with van der Waals surface area (Å²) in [5, 5.41) is 4.27. The molecule has 0 N–H and O–H groups in total. The third-order valence-corrected chi connectivity index (χ3v) is 6.79. The van der Waals surface area contributed by atoms with E-state index in [9.17, 15) is 0 Å². The quantitative estimate of drug-likeness (QED) is 0.369. The Kier molecular flexibility index (Phi) is 6.55. The Hall–Kier alpha value is -3.65. The van der Waals surface area contributed by atoms with Gasteiger partial charge < -0.3 is 14.4 Å². The summed E-state index contributed by atoms with van der Waals surface area (Å²) in [7, 11) is 5.26. The van der Waals surface area contributed by atoms with Gasteiger partial charge in [0.2, 0.25) is 0 Å². The SMILES string of the molecule is COc1cc(OC)cc(N(CCN2CCC[C@@H]2C)c2ccc3ncc(-c4cnn(C)c4)nc3c2)c1. The smallest absolute Gasteiger partial charge is 0.124 e. The highest BCUT2D eigenvalue weighted by molar-refractivity contribution is 5.82. The first kappa shape index (κ1) is 23.1. The average molecular weight is 473 g/mol. The molecule has 182 valence electrons. The van der Waals surface area contributed by atoms with E-state index >= 15 is 0 Å². The summed E-state index contributed by atoms with van der Waals surface area (Å²) >= 11 is 0. The molecule has 0 unspecified atom stereocenters. The lowest BCUT2D eigenvalue weighted by Crippen LogP contribution is -2.35. The topological polar surface area (TPSA) is 68.5 Å². The number of aromatic nitrogens is 4. The molecular formula is C27H32N6O2. The number of methoxy groups -OCH3 is 2. The van der Waals surface area contributed by atoms with E-state index in [1.807, 2.05) is 31.6 Å². The van der Waals surface area contributed by atoms with Gasteiger partial charge >= 0.3 is 0 Å². The number of likely N-dealkylation sites (tertiary alicyclic amines) is 1. The number of nitrogens with zero attached hydrogens (tertiary/aromatic N) is 6. The van der Waals surface area contributed by atoms with E-state index in [-0.39, 0.29) is 0 Å². The maximum Gasteiger partial charge on any atom is 0.124 e. The second-order valence-corrected chi connectivity index (χ2v) is 9.08. The predicted octanol–water partition coefficient (Wildman–Crippen LogP) is 4.67. The molecule has 0 amide bonds. The van der Waals surface area contributed by atoms with Gasteiger partial charge in [-0.15, -0.1) is 0 Å². The molecule has 5 rings (SSSR count). The van der Waals surface area contributed by atoms with Gasteiger partial charge in [0.25, 0.3) is 0 Å². The Morgan fingerprint density at radius 1 is 1.00 bits per heavy atom. The zero-order valence-electron chi connectivity index (χ0n) is 20.8. The van der Waals surface area contributed by atoms with E-state index in [0.717, 1.165) is 64.8 Å². The molecule has 4 aromatic rings. The van der Waals surface area contributed by atoms with Crippen LogP contribution in [0.2, 0.25) is 0 Å². The molecule has 1 saturated heterocycles. The van der Waals surface area contributed by atoms with Gasteiger partial charge in [0.1, 0.15) is 11.5 Å². The first-order valence-electron chi connectivity index (χ1n) is 12.0. The Labute approximate surface area is 206 Å². The van der Waals surface area contributed by atoms with Gasteiger partial charge in [0, 0.05) is 67.5 Å². The van der Waals surface area contributed by atoms with Crippen LogP contribution in [0.1, 0.15) is 19.8 Å². The molecule has 0 spiro atoms. The van der Waals surface area contributed by atoms with E-state index in [0.29, 0.717) is 6.04 Å². The van der Waals surface area contributed by atoms with E-state index in [1.165, 1.54) is 12.8 Å². The van der Waals surface area contributed by atoms with Crippen molar-refractivity contribution in [2.24, 2.45) is 7.05 Å². The Morgan fingerprint density at radius 3 is 2.46 bits per heavy atom. The molecule has 1 fully saturated rings. The van der Waals surface area contributed by atoms with Gasteiger partial charge in [-0.1, -0.05) is 0 Å². The normalized spacial score (nSPS) is 16.1. The summed E-state index contributed by atoms with van der Waals surface area (Å²) in [5.74, 6) is 1.52. The van der Waals surface area contributed by atoms with Crippen LogP contribution in [-0.2, 0) is 7.05 Å². The van der Waals surface area contributed by atoms with Crippen molar-refractivity contribution in [3.05, 3.63) is 55.0 Å². The molecule has 1 atom stereocenters. The zero-order valence-corrected chi connectivity index (χ0v) is 20.8. The number of rotatable bonds is 8. The van der Waals surface area contributed by atoms with E-state index in [2.05, 4.69) is 51.1 Å². The van der Waals surface area contributed by atoms with Gasteiger partial charge in [-0.05, 0) is 44.5 Å². The van der Waals surface area contributed by atoms with Gasteiger partial charge in [-0.3, -0.25) is 14.6 Å². The molecule has 3 heterocycles. The predicted molar refractivity (Wildman–Crippen MR) is 139 cm³/mol. The minimum Gasteiger partial charge on any atom is -0.497 e. The fourth-order valence-corrected chi connectivity index (χ4v) is 4.77. The molecule has 0 aliphatic carbocycles.